The second kappa shape index (κ2) is 8.07. The Bertz CT molecular complexity index is 1010. The fraction of sp³-hybridized carbons (Fsp3) is 0.400. The molecule has 8 heteroatoms. The summed E-state index contributed by atoms with van der Waals surface area (Å²) in [4.78, 5) is 7.48. The SMILES string of the molecule is CC(Sc1nnc(C2CCCCC2)o1)/C(O)=C(\C#N)c1nc2ccccc2[nH]1. The number of nitriles is 1. The summed E-state index contributed by atoms with van der Waals surface area (Å²) >= 11 is 1.24. The molecule has 0 saturated heterocycles. The number of rotatable bonds is 5. The van der Waals surface area contributed by atoms with Gasteiger partial charge in [0.1, 0.15) is 17.4 Å². The van der Waals surface area contributed by atoms with Gasteiger partial charge in [0.05, 0.1) is 16.3 Å². The Kier molecular flexibility index (Phi) is 5.35. The lowest BCUT2D eigenvalue weighted by atomic mass is 9.89. The summed E-state index contributed by atoms with van der Waals surface area (Å²) in [5.41, 5.74) is 1.67. The van der Waals surface area contributed by atoms with Crippen LogP contribution >= 0.6 is 11.8 Å². The fourth-order valence-electron chi connectivity index (χ4n) is 3.50. The third-order valence-corrected chi connectivity index (χ3v) is 5.98. The Morgan fingerprint density at radius 3 is 2.82 bits per heavy atom. The van der Waals surface area contributed by atoms with Gasteiger partial charge in [-0.15, -0.1) is 10.2 Å². The first-order valence-electron chi connectivity index (χ1n) is 9.44. The molecule has 2 heterocycles. The van der Waals surface area contributed by atoms with Crippen molar-refractivity contribution in [3.8, 4) is 6.07 Å². The van der Waals surface area contributed by atoms with Crippen LogP contribution in [0.5, 0.6) is 0 Å². The number of H-pyrrole nitrogens is 1. The average Bonchev–Trinajstić information content (AvgIpc) is 3.36. The van der Waals surface area contributed by atoms with E-state index in [1.54, 1.807) is 6.92 Å². The van der Waals surface area contributed by atoms with Crippen molar-refractivity contribution in [3.05, 3.63) is 41.7 Å². The van der Waals surface area contributed by atoms with E-state index in [2.05, 4.69) is 26.2 Å². The second-order valence-electron chi connectivity index (χ2n) is 6.98. The van der Waals surface area contributed by atoms with Crippen molar-refractivity contribution in [1.29, 1.82) is 5.26 Å². The number of nitrogens with zero attached hydrogens (tertiary/aromatic N) is 4. The Morgan fingerprint density at radius 2 is 2.07 bits per heavy atom. The van der Waals surface area contributed by atoms with Gasteiger partial charge in [-0.3, -0.25) is 0 Å². The molecule has 144 valence electrons. The van der Waals surface area contributed by atoms with Crippen LogP contribution < -0.4 is 0 Å². The van der Waals surface area contributed by atoms with Crippen molar-refractivity contribution in [2.75, 3.05) is 0 Å². The molecular weight excluding hydrogens is 374 g/mol. The van der Waals surface area contributed by atoms with Gasteiger partial charge >= 0.3 is 0 Å². The molecule has 2 N–H and O–H groups in total. The standard InChI is InChI=1S/C20H21N5O2S/c1-12(28-20-25-24-19(27-20)13-7-3-2-4-8-13)17(26)14(11-21)18-22-15-9-5-6-10-16(15)23-18/h5-6,9-10,12-13,26H,2-4,7-8H2,1H3,(H,22,23)/b17-14-. The number of allylic oxidation sites excluding steroid dienone is 1. The summed E-state index contributed by atoms with van der Waals surface area (Å²) < 4.78 is 5.81. The smallest absolute Gasteiger partial charge is 0.277 e. The van der Waals surface area contributed by atoms with Gasteiger partial charge in [0.25, 0.3) is 5.22 Å². The zero-order chi connectivity index (χ0) is 19.5. The first-order valence-corrected chi connectivity index (χ1v) is 10.3. The Balaban J connectivity index is 1.53. The van der Waals surface area contributed by atoms with Gasteiger partial charge in [-0.05, 0) is 31.9 Å². The number of nitrogens with one attached hydrogen (secondary N) is 1. The predicted molar refractivity (Wildman–Crippen MR) is 107 cm³/mol. The number of fused-ring (bicyclic) bond motifs is 1. The monoisotopic (exact) mass is 395 g/mol. The number of hydrogen-bond acceptors (Lipinski definition) is 7. The topological polar surface area (TPSA) is 112 Å². The zero-order valence-corrected chi connectivity index (χ0v) is 16.4. The molecule has 1 atom stereocenters. The lowest BCUT2D eigenvalue weighted by molar-refractivity contribution is 0.333. The van der Waals surface area contributed by atoms with Crippen LogP contribution in [0, 0.1) is 11.3 Å². The number of hydrogen-bond donors (Lipinski definition) is 2. The summed E-state index contributed by atoms with van der Waals surface area (Å²) in [6, 6.07) is 9.55. The minimum atomic E-state index is -0.428. The van der Waals surface area contributed by atoms with Gasteiger partial charge in [0, 0.05) is 5.92 Å². The van der Waals surface area contributed by atoms with E-state index in [0.29, 0.717) is 22.9 Å². The van der Waals surface area contributed by atoms with E-state index in [1.165, 1.54) is 31.0 Å². The molecule has 0 amide bonds. The number of thioether (sulfide) groups is 1. The molecular formula is C20H21N5O2S. The van der Waals surface area contributed by atoms with Crippen LogP contribution in [0.25, 0.3) is 16.6 Å². The molecule has 0 aliphatic heterocycles. The molecule has 1 saturated carbocycles. The summed E-state index contributed by atoms with van der Waals surface area (Å²) in [6.45, 7) is 1.80. The molecule has 1 unspecified atom stereocenters. The number of benzene rings is 1. The highest BCUT2D eigenvalue weighted by Crippen LogP contribution is 2.35. The van der Waals surface area contributed by atoms with Crippen LogP contribution in [0.1, 0.15) is 56.7 Å². The van der Waals surface area contributed by atoms with Gasteiger partial charge in [0.15, 0.2) is 5.82 Å². The van der Waals surface area contributed by atoms with Gasteiger partial charge in [-0.2, -0.15) is 5.26 Å². The second-order valence-corrected chi connectivity index (χ2v) is 8.27. The molecule has 1 aromatic carbocycles. The van der Waals surface area contributed by atoms with Crippen molar-refractivity contribution in [1.82, 2.24) is 20.2 Å². The minimum Gasteiger partial charge on any atom is -0.510 e. The number of aromatic nitrogens is 4. The van der Waals surface area contributed by atoms with E-state index < -0.39 is 5.25 Å². The van der Waals surface area contributed by atoms with Gasteiger partial charge in [-0.25, -0.2) is 4.98 Å². The molecule has 1 fully saturated rings. The summed E-state index contributed by atoms with van der Waals surface area (Å²) in [5, 5.41) is 28.5. The lowest BCUT2D eigenvalue weighted by Crippen LogP contribution is -2.05. The van der Waals surface area contributed by atoms with Crippen LogP contribution in [0.2, 0.25) is 0 Å². The molecule has 0 radical (unpaired) electrons. The lowest BCUT2D eigenvalue weighted by Gasteiger charge is -2.17. The van der Waals surface area contributed by atoms with Crippen LogP contribution in [0.15, 0.2) is 39.7 Å². The maximum atomic E-state index is 10.7. The number of para-hydroxylation sites is 2. The Morgan fingerprint density at radius 1 is 1.29 bits per heavy atom. The highest BCUT2D eigenvalue weighted by molar-refractivity contribution is 7.99. The molecule has 1 aliphatic rings. The molecule has 7 nitrogen and oxygen atoms in total. The van der Waals surface area contributed by atoms with Crippen LogP contribution in [-0.4, -0.2) is 30.5 Å². The number of aliphatic hydroxyl groups is 1. The van der Waals surface area contributed by atoms with E-state index in [-0.39, 0.29) is 11.3 Å². The van der Waals surface area contributed by atoms with Gasteiger partial charge in [-0.1, -0.05) is 43.2 Å². The zero-order valence-electron chi connectivity index (χ0n) is 15.6. The molecule has 0 spiro atoms. The van der Waals surface area contributed by atoms with E-state index in [4.69, 9.17) is 4.42 Å². The summed E-state index contributed by atoms with van der Waals surface area (Å²) in [5.74, 6) is 1.29. The molecule has 0 bridgehead atoms. The van der Waals surface area contributed by atoms with Crippen molar-refractivity contribution >= 4 is 28.4 Å². The average molecular weight is 395 g/mol. The predicted octanol–water partition coefficient (Wildman–Crippen LogP) is 4.97. The van der Waals surface area contributed by atoms with Gasteiger partial charge < -0.3 is 14.5 Å². The highest BCUT2D eigenvalue weighted by Gasteiger charge is 2.24. The van der Waals surface area contributed by atoms with Crippen molar-refractivity contribution < 1.29 is 9.52 Å². The molecule has 2 aromatic heterocycles. The maximum Gasteiger partial charge on any atom is 0.277 e. The first kappa shape index (κ1) is 18.6. The Hall–Kier alpha value is -2.79. The molecule has 1 aliphatic carbocycles. The fourth-order valence-corrected chi connectivity index (χ4v) is 4.25. The van der Waals surface area contributed by atoms with Crippen LogP contribution in [0.4, 0.5) is 0 Å². The molecule has 4 rings (SSSR count). The third-order valence-electron chi connectivity index (χ3n) is 5.03. The first-order chi connectivity index (χ1) is 13.7. The van der Waals surface area contributed by atoms with Crippen molar-refractivity contribution in [2.45, 2.75) is 55.4 Å². The van der Waals surface area contributed by atoms with Crippen LogP contribution in [-0.2, 0) is 0 Å². The van der Waals surface area contributed by atoms with E-state index in [0.717, 1.165) is 23.9 Å². The third kappa shape index (κ3) is 3.76. The number of aliphatic hydroxyl groups excluding tert-OH is 1. The number of imidazole rings is 1. The highest BCUT2D eigenvalue weighted by atomic mass is 32.2. The normalized spacial score (nSPS) is 17.3. The molecule has 28 heavy (non-hydrogen) atoms. The summed E-state index contributed by atoms with van der Waals surface area (Å²) in [6.07, 6.45) is 5.81. The van der Waals surface area contributed by atoms with E-state index in [9.17, 15) is 10.4 Å². The quantitative estimate of drug-likeness (QED) is 0.356. The van der Waals surface area contributed by atoms with E-state index >= 15 is 0 Å². The van der Waals surface area contributed by atoms with Crippen LogP contribution in [0.3, 0.4) is 0 Å². The largest absolute Gasteiger partial charge is 0.510 e. The Labute approximate surface area is 166 Å². The van der Waals surface area contributed by atoms with Gasteiger partial charge in [0.2, 0.25) is 5.89 Å². The van der Waals surface area contributed by atoms with Crippen molar-refractivity contribution in [3.63, 3.8) is 0 Å². The molecule has 3 aromatic rings. The maximum absolute atomic E-state index is 10.7. The minimum absolute atomic E-state index is 0.0658. The van der Waals surface area contributed by atoms with E-state index in [1.807, 2.05) is 24.3 Å². The van der Waals surface area contributed by atoms with Crippen molar-refractivity contribution in [2.24, 2.45) is 0 Å². The summed E-state index contributed by atoms with van der Waals surface area (Å²) in [7, 11) is 0. The number of aromatic amines is 1.